The summed E-state index contributed by atoms with van der Waals surface area (Å²) in [5.41, 5.74) is 2.10. The lowest BCUT2D eigenvalue weighted by molar-refractivity contribution is -0.129. The van der Waals surface area contributed by atoms with E-state index in [1.54, 1.807) is 17.0 Å². The molecule has 1 unspecified atom stereocenters. The first-order valence-corrected chi connectivity index (χ1v) is 14.3. The molecule has 8 heteroatoms. The van der Waals surface area contributed by atoms with Crippen molar-refractivity contribution in [3.05, 3.63) is 107 Å². The third-order valence-electron chi connectivity index (χ3n) is 7.69. The van der Waals surface area contributed by atoms with Gasteiger partial charge < -0.3 is 28.8 Å². The summed E-state index contributed by atoms with van der Waals surface area (Å²) in [6, 6.07) is 23.3. The first-order chi connectivity index (χ1) is 20.4. The van der Waals surface area contributed by atoms with Crippen molar-refractivity contribution in [3.63, 3.8) is 0 Å². The van der Waals surface area contributed by atoms with Crippen molar-refractivity contribution >= 4 is 22.7 Å². The molecule has 1 N–H and O–H groups in total. The van der Waals surface area contributed by atoms with E-state index < -0.39 is 23.5 Å². The molecular formula is C34H36N2O6. The highest BCUT2D eigenvalue weighted by atomic mass is 16.5. The van der Waals surface area contributed by atoms with Crippen LogP contribution in [0.3, 0.4) is 0 Å². The van der Waals surface area contributed by atoms with Gasteiger partial charge in [0.05, 0.1) is 18.7 Å². The van der Waals surface area contributed by atoms with Crippen LogP contribution in [0.1, 0.15) is 48.0 Å². The lowest BCUT2D eigenvalue weighted by Gasteiger charge is -2.28. The van der Waals surface area contributed by atoms with Crippen molar-refractivity contribution in [1.82, 2.24) is 9.80 Å². The number of furan rings is 1. The number of Topliss-reactive ketones (excluding diaryl/α,β-unsaturated/α-hetero) is 1. The Bertz CT molecular complexity index is 1590. The van der Waals surface area contributed by atoms with Crippen LogP contribution in [0.5, 0.6) is 11.5 Å². The van der Waals surface area contributed by atoms with Crippen LogP contribution in [0.25, 0.3) is 11.0 Å². The highest BCUT2D eigenvalue weighted by Gasteiger charge is 2.44. The second-order valence-electron chi connectivity index (χ2n) is 10.2. The zero-order valence-electron chi connectivity index (χ0n) is 24.2. The summed E-state index contributed by atoms with van der Waals surface area (Å²) in [5, 5.41) is 11.8. The number of amides is 1. The second kappa shape index (κ2) is 13.0. The van der Waals surface area contributed by atoms with Crippen molar-refractivity contribution in [3.8, 4) is 11.5 Å². The topological polar surface area (TPSA) is 92.5 Å². The Labute approximate surface area is 245 Å². The third-order valence-corrected chi connectivity index (χ3v) is 7.69. The molecule has 5 rings (SSSR count). The van der Waals surface area contributed by atoms with E-state index in [0.29, 0.717) is 47.6 Å². The summed E-state index contributed by atoms with van der Waals surface area (Å²) < 4.78 is 17.4. The molecule has 0 saturated carbocycles. The number of methoxy groups -OCH3 is 1. The Morgan fingerprint density at radius 2 is 1.76 bits per heavy atom. The lowest BCUT2D eigenvalue weighted by atomic mass is 9.94. The predicted molar refractivity (Wildman–Crippen MR) is 161 cm³/mol. The van der Waals surface area contributed by atoms with Gasteiger partial charge in [-0.2, -0.15) is 0 Å². The summed E-state index contributed by atoms with van der Waals surface area (Å²) in [6.07, 6.45) is 0.685. The molecule has 3 aromatic carbocycles. The molecule has 0 saturated heterocycles. The van der Waals surface area contributed by atoms with Crippen LogP contribution in [-0.2, 0) is 11.4 Å². The molecule has 1 aliphatic rings. The van der Waals surface area contributed by atoms with Crippen molar-refractivity contribution in [2.45, 2.75) is 32.9 Å². The molecule has 8 nitrogen and oxygen atoms in total. The molecule has 0 spiro atoms. The first kappa shape index (κ1) is 29.0. The van der Waals surface area contributed by atoms with Crippen LogP contribution in [-0.4, -0.2) is 59.9 Å². The van der Waals surface area contributed by atoms with Crippen LogP contribution < -0.4 is 9.47 Å². The van der Waals surface area contributed by atoms with Gasteiger partial charge >= 0.3 is 0 Å². The highest BCUT2D eigenvalue weighted by molar-refractivity contribution is 6.16. The standard InChI is InChI=1S/C34H36N2O6/c1-4-35(5-2)18-11-19-36-30(24-14-9-16-26(20-24)41-22-23-12-7-6-8-13-23)29(32(38)34(36)39)31(37)28-21-25-15-10-17-27(40-3)33(25)42-28/h6-10,12-17,20-21,30,38H,4-5,11,18-19,22H2,1-3H3. The molecule has 0 bridgehead atoms. The number of hydrogen-bond acceptors (Lipinski definition) is 7. The van der Waals surface area contributed by atoms with Gasteiger partial charge in [0, 0.05) is 11.9 Å². The minimum atomic E-state index is -0.808. The fraction of sp³-hybridized carbons (Fsp3) is 0.294. The van der Waals surface area contributed by atoms with Gasteiger partial charge in [-0.1, -0.05) is 68.4 Å². The van der Waals surface area contributed by atoms with Crippen molar-refractivity contribution in [1.29, 1.82) is 0 Å². The maximum Gasteiger partial charge on any atom is 0.290 e. The zero-order valence-corrected chi connectivity index (χ0v) is 24.2. The average Bonchev–Trinajstić information content (AvgIpc) is 3.57. The van der Waals surface area contributed by atoms with Crippen molar-refractivity contribution in [2.75, 3.05) is 33.3 Å². The number of aliphatic hydroxyl groups excluding tert-OH is 1. The van der Waals surface area contributed by atoms with E-state index >= 15 is 0 Å². The number of para-hydroxylation sites is 1. The molecule has 1 aromatic heterocycles. The quantitative estimate of drug-likeness (QED) is 0.188. The number of rotatable bonds is 13. The number of ether oxygens (including phenoxy) is 2. The number of carbonyl (C=O) groups excluding carboxylic acids is 2. The highest BCUT2D eigenvalue weighted by Crippen LogP contribution is 2.41. The molecule has 2 heterocycles. The van der Waals surface area contributed by atoms with E-state index in [2.05, 4.69) is 18.7 Å². The van der Waals surface area contributed by atoms with Crippen LogP contribution in [0.15, 0.2) is 94.6 Å². The van der Waals surface area contributed by atoms with E-state index in [-0.39, 0.29) is 11.3 Å². The second-order valence-corrected chi connectivity index (χ2v) is 10.2. The minimum absolute atomic E-state index is 0.0129. The molecule has 1 aliphatic heterocycles. The van der Waals surface area contributed by atoms with Gasteiger partial charge in [0.25, 0.3) is 5.91 Å². The van der Waals surface area contributed by atoms with Gasteiger partial charge in [-0.05, 0) is 61.4 Å². The van der Waals surface area contributed by atoms with E-state index in [4.69, 9.17) is 13.9 Å². The molecule has 0 aliphatic carbocycles. The smallest absolute Gasteiger partial charge is 0.290 e. The minimum Gasteiger partial charge on any atom is -0.503 e. The van der Waals surface area contributed by atoms with Gasteiger partial charge in [-0.25, -0.2) is 0 Å². The lowest BCUT2D eigenvalue weighted by Crippen LogP contribution is -2.34. The Morgan fingerprint density at radius 1 is 1.00 bits per heavy atom. The number of ketones is 1. The molecule has 0 radical (unpaired) electrons. The van der Waals surface area contributed by atoms with Crippen LogP contribution in [0.4, 0.5) is 0 Å². The zero-order chi connectivity index (χ0) is 29.6. The van der Waals surface area contributed by atoms with Gasteiger partial charge in [0.15, 0.2) is 22.9 Å². The van der Waals surface area contributed by atoms with E-state index in [0.717, 1.165) is 25.2 Å². The SMILES string of the molecule is CCN(CC)CCCN1C(=O)C(O)=C(C(=O)c2cc3cccc(OC)c3o2)C1c1cccc(OCc2ccccc2)c1. The van der Waals surface area contributed by atoms with Gasteiger partial charge in [-0.3, -0.25) is 9.59 Å². The van der Waals surface area contributed by atoms with Crippen LogP contribution in [0, 0.1) is 0 Å². The molecule has 1 atom stereocenters. The number of benzene rings is 3. The fourth-order valence-electron chi connectivity index (χ4n) is 5.42. The normalized spacial score (nSPS) is 15.2. The Balaban J connectivity index is 1.49. The molecule has 218 valence electrons. The fourth-order valence-corrected chi connectivity index (χ4v) is 5.42. The summed E-state index contributed by atoms with van der Waals surface area (Å²) in [5.74, 6) is -0.576. The summed E-state index contributed by atoms with van der Waals surface area (Å²) in [4.78, 5) is 31.3. The number of nitrogens with zero attached hydrogens (tertiary/aromatic N) is 2. The van der Waals surface area contributed by atoms with Crippen LogP contribution in [0.2, 0.25) is 0 Å². The number of carbonyl (C=O) groups is 2. The van der Waals surface area contributed by atoms with Crippen LogP contribution >= 0.6 is 0 Å². The molecule has 1 amide bonds. The third kappa shape index (κ3) is 5.90. The summed E-state index contributed by atoms with van der Waals surface area (Å²) in [6.45, 7) is 7.52. The maximum atomic E-state index is 14.0. The monoisotopic (exact) mass is 568 g/mol. The molecule has 0 fully saturated rings. The Hall–Kier alpha value is -4.56. The first-order valence-electron chi connectivity index (χ1n) is 14.3. The van der Waals surface area contributed by atoms with Gasteiger partial charge in [0.1, 0.15) is 12.4 Å². The molecule has 42 heavy (non-hydrogen) atoms. The van der Waals surface area contributed by atoms with Crippen molar-refractivity contribution < 1.29 is 28.6 Å². The van der Waals surface area contributed by atoms with E-state index in [9.17, 15) is 14.7 Å². The molecule has 4 aromatic rings. The molecular weight excluding hydrogens is 532 g/mol. The van der Waals surface area contributed by atoms with E-state index in [1.807, 2.05) is 66.7 Å². The number of aliphatic hydroxyl groups is 1. The predicted octanol–water partition coefficient (Wildman–Crippen LogP) is 6.33. The largest absolute Gasteiger partial charge is 0.503 e. The summed E-state index contributed by atoms with van der Waals surface area (Å²) in [7, 11) is 1.53. The summed E-state index contributed by atoms with van der Waals surface area (Å²) >= 11 is 0. The Morgan fingerprint density at radius 3 is 2.50 bits per heavy atom. The Kier molecular flexibility index (Phi) is 8.93. The maximum absolute atomic E-state index is 14.0. The number of hydrogen-bond donors (Lipinski definition) is 1. The van der Waals surface area contributed by atoms with Crippen molar-refractivity contribution in [2.24, 2.45) is 0 Å². The van der Waals surface area contributed by atoms with Gasteiger partial charge in [0.2, 0.25) is 5.78 Å². The average molecular weight is 569 g/mol. The van der Waals surface area contributed by atoms with E-state index in [1.165, 1.54) is 7.11 Å². The number of fused-ring (bicyclic) bond motifs is 1. The van der Waals surface area contributed by atoms with Gasteiger partial charge in [-0.15, -0.1) is 0 Å².